The van der Waals surface area contributed by atoms with Gasteiger partial charge in [0, 0.05) is 7.05 Å². The van der Waals surface area contributed by atoms with Crippen LogP contribution in [0.15, 0.2) is 0 Å². The Kier molecular flexibility index (Phi) is 13.0. The predicted molar refractivity (Wildman–Crippen MR) is 35.6 cm³/mol. The van der Waals surface area contributed by atoms with E-state index in [4.69, 9.17) is 0 Å². The molecule has 0 aromatic carbocycles. The van der Waals surface area contributed by atoms with Gasteiger partial charge in [-0.05, 0) is 0 Å². The molecule has 4 heteroatoms. The summed E-state index contributed by atoms with van der Waals surface area (Å²) in [6, 6.07) is 0. The Hall–Kier alpha value is -0.610. The Morgan fingerprint density at radius 3 is 2.22 bits per heavy atom. The topological polar surface area (TPSA) is 64.3 Å². The van der Waals surface area contributed by atoms with Crippen LogP contribution in [0, 0.1) is 0 Å². The number of nitrogens with two attached hydrogens (primary N) is 1. The van der Waals surface area contributed by atoms with Gasteiger partial charge >= 0.3 is 0 Å². The van der Waals surface area contributed by atoms with Crippen molar-refractivity contribution in [2.24, 2.45) is 5.90 Å². The number of hydrogen-bond acceptors (Lipinski definition) is 3. The van der Waals surface area contributed by atoms with E-state index >= 15 is 0 Å². The number of nitrogens with one attached hydrogen (secondary N) is 1. The van der Waals surface area contributed by atoms with Crippen LogP contribution in [0.5, 0.6) is 0 Å². The minimum atomic E-state index is -0.220. The van der Waals surface area contributed by atoms with Crippen LogP contribution in [0.25, 0.3) is 0 Å². The molecule has 0 aromatic heterocycles. The molecule has 0 aliphatic carbocycles. The van der Waals surface area contributed by atoms with Gasteiger partial charge in [-0.2, -0.15) is 0 Å². The van der Waals surface area contributed by atoms with Gasteiger partial charge < -0.3 is 5.32 Å². The molecule has 3 N–H and O–H groups in total. The number of rotatable bonds is 2. The molecule has 0 fully saturated rings. The smallest absolute Gasteiger partial charge is 0.247 e. The third-order valence-corrected chi connectivity index (χ3v) is 0.493. The maximum absolute atomic E-state index is 10.1. The van der Waals surface area contributed by atoms with Gasteiger partial charge in [0.15, 0.2) is 0 Å². The summed E-state index contributed by atoms with van der Waals surface area (Å²) in [6.45, 7) is 3.93. The van der Waals surface area contributed by atoms with Crippen molar-refractivity contribution in [2.75, 3.05) is 13.7 Å². The average molecular weight is 134 g/mol. The fourth-order valence-electron chi connectivity index (χ4n) is 0.148. The van der Waals surface area contributed by atoms with Gasteiger partial charge in [-0.25, -0.2) is 5.90 Å². The summed E-state index contributed by atoms with van der Waals surface area (Å²) in [5.41, 5.74) is 0. The Balaban J connectivity index is 0. The van der Waals surface area contributed by atoms with E-state index in [0.717, 1.165) is 0 Å². The largest absolute Gasteiger partial charge is 0.357 e. The Morgan fingerprint density at radius 1 is 1.67 bits per heavy atom. The zero-order valence-electron chi connectivity index (χ0n) is 6.10. The van der Waals surface area contributed by atoms with E-state index in [1.165, 1.54) is 7.05 Å². The Labute approximate surface area is 55.3 Å². The van der Waals surface area contributed by atoms with Crippen LogP contribution in [0.1, 0.15) is 13.8 Å². The number of hydrogen-bond donors (Lipinski definition) is 2. The van der Waals surface area contributed by atoms with Gasteiger partial charge in [0.2, 0.25) is 5.91 Å². The molecular weight excluding hydrogens is 120 g/mol. The molecule has 0 unspecified atom stereocenters. The lowest BCUT2D eigenvalue weighted by atomic mass is 10.7. The van der Waals surface area contributed by atoms with Crippen molar-refractivity contribution in [1.29, 1.82) is 0 Å². The first-order chi connectivity index (χ1) is 4.31. The quantitative estimate of drug-likeness (QED) is 0.507. The van der Waals surface area contributed by atoms with Crippen LogP contribution >= 0.6 is 0 Å². The predicted octanol–water partition coefficient (Wildman–Crippen LogP) is -0.351. The summed E-state index contributed by atoms with van der Waals surface area (Å²) < 4.78 is 0. The Bertz CT molecular complexity index is 66.0. The van der Waals surface area contributed by atoms with Crippen molar-refractivity contribution in [3.8, 4) is 0 Å². The van der Waals surface area contributed by atoms with Crippen molar-refractivity contribution in [3.05, 3.63) is 0 Å². The van der Waals surface area contributed by atoms with E-state index in [2.05, 4.69) is 16.1 Å². The SMILES string of the molecule is CC.CNC(=O)CON. The molecule has 0 rings (SSSR count). The Morgan fingerprint density at radius 2 is 2.11 bits per heavy atom. The molecule has 0 atom stereocenters. The van der Waals surface area contributed by atoms with E-state index in [1.54, 1.807) is 0 Å². The van der Waals surface area contributed by atoms with Crippen LogP contribution in [0.4, 0.5) is 0 Å². The van der Waals surface area contributed by atoms with E-state index in [0.29, 0.717) is 0 Å². The molecule has 0 radical (unpaired) electrons. The highest BCUT2D eigenvalue weighted by Gasteiger charge is 1.91. The summed E-state index contributed by atoms with van der Waals surface area (Å²) in [5.74, 6) is 4.32. The minimum Gasteiger partial charge on any atom is -0.357 e. The second kappa shape index (κ2) is 10.4. The van der Waals surface area contributed by atoms with Crippen molar-refractivity contribution in [1.82, 2.24) is 5.32 Å². The fourth-order valence-corrected chi connectivity index (χ4v) is 0.148. The van der Waals surface area contributed by atoms with Gasteiger partial charge in [0.25, 0.3) is 0 Å². The molecule has 1 amide bonds. The molecule has 0 spiro atoms. The van der Waals surface area contributed by atoms with Crippen LogP contribution in [0.2, 0.25) is 0 Å². The molecule has 0 saturated carbocycles. The monoisotopic (exact) mass is 134 g/mol. The second-order valence-corrected chi connectivity index (χ2v) is 0.984. The molecule has 4 nitrogen and oxygen atoms in total. The molecule has 0 aliphatic rings. The summed E-state index contributed by atoms with van der Waals surface area (Å²) in [6.07, 6.45) is 0. The molecule has 56 valence electrons. The van der Waals surface area contributed by atoms with E-state index in [9.17, 15) is 4.79 Å². The fraction of sp³-hybridized carbons (Fsp3) is 0.800. The first-order valence-corrected chi connectivity index (χ1v) is 2.83. The summed E-state index contributed by atoms with van der Waals surface area (Å²) >= 11 is 0. The zero-order chi connectivity index (χ0) is 7.70. The van der Waals surface area contributed by atoms with Crippen LogP contribution < -0.4 is 11.2 Å². The zero-order valence-corrected chi connectivity index (χ0v) is 6.10. The number of amides is 1. The highest BCUT2D eigenvalue weighted by Crippen LogP contribution is 1.59. The number of carbonyl (C=O) groups excluding carboxylic acids is 1. The number of carbonyl (C=O) groups is 1. The van der Waals surface area contributed by atoms with Gasteiger partial charge in [0.1, 0.15) is 6.61 Å². The van der Waals surface area contributed by atoms with Gasteiger partial charge in [0.05, 0.1) is 0 Å². The lowest BCUT2D eigenvalue weighted by molar-refractivity contribution is -0.125. The van der Waals surface area contributed by atoms with Gasteiger partial charge in [-0.1, -0.05) is 13.8 Å². The molecule has 9 heavy (non-hydrogen) atoms. The van der Waals surface area contributed by atoms with E-state index in [1.807, 2.05) is 13.8 Å². The van der Waals surface area contributed by atoms with Crippen molar-refractivity contribution < 1.29 is 9.63 Å². The third kappa shape index (κ3) is 11.1. The lowest BCUT2D eigenvalue weighted by Gasteiger charge is -1.92. The molecular formula is C5H14N2O2. The summed E-state index contributed by atoms with van der Waals surface area (Å²) in [7, 11) is 1.52. The highest BCUT2D eigenvalue weighted by molar-refractivity contribution is 5.76. The first-order valence-electron chi connectivity index (χ1n) is 2.83. The lowest BCUT2D eigenvalue weighted by Crippen LogP contribution is -2.24. The van der Waals surface area contributed by atoms with Gasteiger partial charge in [-0.3, -0.25) is 9.63 Å². The number of likely N-dealkylation sites (N-methyl/N-ethyl adjacent to an activating group) is 1. The molecule has 0 heterocycles. The van der Waals surface area contributed by atoms with E-state index < -0.39 is 0 Å². The summed E-state index contributed by atoms with van der Waals surface area (Å²) in [5, 5.41) is 2.32. The maximum atomic E-state index is 10.1. The normalized spacial score (nSPS) is 7.11. The minimum absolute atomic E-state index is 0.0729. The van der Waals surface area contributed by atoms with Crippen molar-refractivity contribution in [2.45, 2.75) is 13.8 Å². The van der Waals surface area contributed by atoms with E-state index in [-0.39, 0.29) is 12.5 Å². The van der Waals surface area contributed by atoms with Crippen molar-refractivity contribution in [3.63, 3.8) is 0 Å². The molecule has 0 bridgehead atoms. The van der Waals surface area contributed by atoms with Crippen LogP contribution in [0.3, 0.4) is 0 Å². The van der Waals surface area contributed by atoms with Crippen molar-refractivity contribution >= 4 is 5.91 Å². The highest BCUT2D eigenvalue weighted by atomic mass is 16.6. The van der Waals surface area contributed by atoms with Crippen LogP contribution in [-0.4, -0.2) is 19.6 Å². The van der Waals surface area contributed by atoms with Gasteiger partial charge in [-0.15, -0.1) is 0 Å². The van der Waals surface area contributed by atoms with Crippen LogP contribution in [-0.2, 0) is 9.63 Å². The molecule has 0 aliphatic heterocycles. The first kappa shape index (κ1) is 11.2. The third-order valence-electron chi connectivity index (χ3n) is 0.493. The molecule has 0 aromatic rings. The average Bonchev–Trinajstić information content (AvgIpc) is 1.93. The summed E-state index contributed by atoms with van der Waals surface area (Å²) in [4.78, 5) is 14.1. The standard InChI is InChI=1S/C3H8N2O2.C2H6/c1-5-3(6)2-7-4;1-2/h2,4H2,1H3,(H,5,6);1-2H3. The second-order valence-electron chi connectivity index (χ2n) is 0.984. The molecule has 0 saturated heterocycles. The maximum Gasteiger partial charge on any atom is 0.247 e.